The summed E-state index contributed by atoms with van der Waals surface area (Å²) in [6.07, 6.45) is 10.2. The van der Waals surface area contributed by atoms with Gasteiger partial charge in [0.05, 0.1) is 0 Å². The van der Waals surface area contributed by atoms with Gasteiger partial charge in [0, 0.05) is 0 Å². The number of hydrogen-bond acceptors (Lipinski definition) is 0. The molecular weight excluding hydrogens is 144 g/mol. The summed E-state index contributed by atoms with van der Waals surface area (Å²) >= 11 is 0. The molecular formula is C12H18. The monoisotopic (exact) mass is 162 g/mol. The van der Waals surface area contributed by atoms with Crippen LogP contribution in [0.2, 0.25) is 0 Å². The van der Waals surface area contributed by atoms with Crippen molar-refractivity contribution in [3.05, 3.63) is 36.0 Å². The zero-order valence-corrected chi connectivity index (χ0v) is 8.14. The molecule has 1 unspecified atom stereocenters. The van der Waals surface area contributed by atoms with Crippen LogP contribution in [-0.2, 0) is 0 Å². The molecule has 1 aliphatic rings. The standard InChI is InChI=1S/C12H18/c1-4-6-11-8-7-10(3)12(5-2)9-11/h4-6,11H,2,7-9H2,1,3H3/b6-4+. The Balaban J connectivity index is 2.67. The van der Waals surface area contributed by atoms with E-state index in [0.29, 0.717) is 0 Å². The number of allylic oxidation sites excluding steroid dienone is 5. The first-order chi connectivity index (χ1) is 5.77. The highest BCUT2D eigenvalue weighted by molar-refractivity contribution is 5.26. The third-order valence-electron chi connectivity index (χ3n) is 2.63. The van der Waals surface area contributed by atoms with E-state index in [2.05, 4.69) is 32.6 Å². The molecule has 0 aromatic rings. The van der Waals surface area contributed by atoms with E-state index in [1.54, 1.807) is 0 Å². The Morgan fingerprint density at radius 1 is 1.50 bits per heavy atom. The molecule has 0 aromatic heterocycles. The van der Waals surface area contributed by atoms with Gasteiger partial charge in [0.1, 0.15) is 0 Å². The fourth-order valence-electron chi connectivity index (χ4n) is 1.82. The van der Waals surface area contributed by atoms with E-state index in [0.717, 1.165) is 5.92 Å². The lowest BCUT2D eigenvalue weighted by atomic mass is 9.84. The van der Waals surface area contributed by atoms with Gasteiger partial charge >= 0.3 is 0 Å². The van der Waals surface area contributed by atoms with Crippen LogP contribution in [0, 0.1) is 5.92 Å². The molecule has 0 nitrogen and oxygen atoms in total. The van der Waals surface area contributed by atoms with Gasteiger partial charge < -0.3 is 0 Å². The van der Waals surface area contributed by atoms with Crippen molar-refractivity contribution in [2.24, 2.45) is 5.92 Å². The molecule has 0 bridgehead atoms. The van der Waals surface area contributed by atoms with Crippen molar-refractivity contribution < 1.29 is 0 Å². The van der Waals surface area contributed by atoms with Gasteiger partial charge in [-0.2, -0.15) is 0 Å². The summed E-state index contributed by atoms with van der Waals surface area (Å²) in [7, 11) is 0. The molecule has 0 N–H and O–H groups in total. The van der Waals surface area contributed by atoms with Crippen LogP contribution in [0.25, 0.3) is 0 Å². The summed E-state index contributed by atoms with van der Waals surface area (Å²) in [6.45, 7) is 8.17. The Bertz CT molecular complexity index is 218. The summed E-state index contributed by atoms with van der Waals surface area (Å²) in [5, 5.41) is 0. The quantitative estimate of drug-likeness (QED) is 0.541. The van der Waals surface area contributed by atoms with E-state index >= 15 is 0 Å². The molecule has 0 spiro atoms. The van der Waals surface area contributed by atoms with Gasteiger partial charge in [-0.3, -0.25) is 0 Å². The highest BCUT2D eigenvalue weighted by atomic mass is 14.2. The molecule has 1 aliphatic carbocycles. The Morgan fingerprint density at radius 3 is 2.83 bits per heavy atom. The maximum Gasteiger partial charge on any atom is -0.0190 e. The second kappa shape index (κ2) is 4.30. The van der Waals surface area contributed by atoms with Gasteiger partial charge in [-0.15, -0.1) is 0 Å². The van der Waals surface area contributed by atoms with Crippen molar-refractivity contribution in [1.29, 1.82) is 0 Å². The van der Waals surface area contributed by atoms with Crippen LogP contribution < -0.4 is 0 Å². The lowest BCUT2D eigenvalue weighted by molar-refractivity contribution is 0.553. The molecule has 66 valence electrons. The van der Waals surface area contributed by atoms with E-state index in [4.69, 9.17) is 0 Å². The normalized spacial score (nSPS) is 25.0. The first-order valence-corrected chi connectivity index (χ1v) is 4.71. The van der Waals surface area contributed by atoms with Crippen LogP contribution in [0.3, 0.4) is 0 Å². The lowest BCUT2D eigenvalue weighted by Crippen LogP contribution is -2.05. The molecule has 0 amide bonds. The van der Waals surface area contributed by atoms with E-state index in [-0.39, 0.29) is 0 Å². The Kier molecular flexibility index (Phi) is 3.33. The third-order valence-corrected chi connectivity index (χ3v) is 2.63. The molecule has 0 heterocycles. The minimum absolute atomic E-state index is 0.756. The van der Waals surface area contributed by atoms with Crippen molar-refractivity contribution in [3.8, 4) is 0 Å². The van der Waals surface area contributed by atoms with Crippen molar-refractivity contribution in [3.63, 3.8) is 0 Å². The zero-order valence-electron chi connectivity index (χ0n) is 8.14. The maximum absolute atomic E-state index is 3.85. The van der Waals surface area contributed by atoms with Gasteiger partial charge in [0.15, 0.2) is 0 Å². The molecule has 1 atom stereocenters. The van der Waals surface area contributed by atoms with Crippen molar-refractivity contribution in [2.75, 3.05) is 0 Å². The van der Waals surface area contributed by atoms with Crippen LogP contribution in [0.4, 0.5) is 0 Å². The summed E-state index contributed by atoms with van der Waals surface area (Å²) in [6, 6.07) is 0. The Morgan fingerprint density at radius 2 is 2.25 bits per heavy atom. The molecule has 0 fully saturated rings. The minimum atomic E-state index is 0.756. The largest absolute Gasteiger partial charge is 0.0988 e. The molecule has 0 radical (unpaired) electrons. The summed E-state index contributed by atoms with van der Waals surface area (Å²) in [5.41, 5.74) is 3.00. The molecule has 12 heavy (non-hydrogen) atoms. The molecule has 0 heteroatoms. The second-order valence-corrected chi connectivity index (χ2v) is 3.54. The number of rotatable bonds is 2. The van der Waals surface area contributed by atoms with E-state index in [1.165, 1.54) is 30.4 Å². The average Bonchev–Trinajstić information content (AvgIpc) is 2.09. The first-order valence-electron chi connectivity index (χ1n) is 4.71. The van der Waals surface area contributed by atoms with Crippen LogP contribution in [0.1, 0.15) is 33.1 Å². The average molecular weight is 162 g/mol. The topological polar surface area (TPSA) is 0 Å². The third kappa shape index (κ3) is 2.10. The van der Waals surface area contributed by atoms with Crippen LogP contribution >= 0.6 is 0 Å². The maximum atomic E-state index is 3.85. The number of hydrogen-bond donors (Lipinski definition) is 0. The fourth-order valence-corrected chi connectivity index (χ4v) is 1.82. The highest BCUT2D eigenvalue weighted by Gasteiger charge is 2.14. The van der Waals surface area contributed by atoms with Gasteiger partial charge in [0.25, 0.3) is 0 Å². The van der Waals surface area contributed by atoms with Crippen LogP contribution in [-0.4, -0.2) is 0 Å². The van der Waals surface area contributed by atoms with Crippen molar-refractivity contribution in [1.82, 2.24) is 0 Å². The SMILES string of the molecule is C=CC1=C(C)CCC(/C=C/C)C1. The zero-order chi connectivity index (χ0) is 8.97. The Labute approximate surface area is 75.7 Å². The predicted molar refractivity (Wildman–Crippen MR) is 55.1 cm³/mol. The highest BCUT2D eigenvalue weighted by Crippen LogP contribution is 2.30. The van der Waals surface area contributed by atoms with Gasteiger partial charge in [-0.25, -0.2) is 0 Å². The molecule has 0 saturated heterocycles. The summed E-state index contributed by atoms with van der Waals surface area (Å²) in [4.78, 5) is 0. The molecule has 1 rings (SSSR count). The van der Waals surface area contributed by atoms with Crippen LogP contribution in [0.15, 0.2) is 36.0 Å². The van der Waals surface area contributed by atoms with E-state index in [1.807, 2.05) is 6.08 Å². The minimum Gasteiger partial charge on any atom is -0.0988 e. The van der Waals surface area contributed by atoms with E-state index < -0.39 is 0 Å². The van der Waals surface area contributed by atoms with Gasteiger partial charge in [-0.1, -0.05) is 30.4 Å². The smallest absolute Gasteiger partial charge is 0.0190 e. The molecule has 0 saturated carbocycles. The molecule has 0 aliphatic heterocycles. The van der Waals surface area contributed by atoms with E-state index in [9.17, 15) is 0 Å². The lowest BCUT2D eigenvalue weighted by Gasteiger charge is -2.21. The van der Waals surface area contributed by atoms with Crippen molar-refractivity contribution in [2.45, 2.75) is 33.1 Å². The van der Waals surface area contributed by atoms with Crippen molar-refractivity contribution >= 4 is 0 Å². The van der Waals surface area contributed by atoms with Gasteiger partial charge in [-0.05, 0) is 44.6 Å². The second-order valence-electron chi connectivity index (χ2n) is 3.54. The Hall–Kier alpha value is -0.780. The summed E-state index contributed by atoms with van der Waals surface area (Å²) in [5.74, 6) is 0.756. The first kappa shape index (κ1) is 9.31. The fraction of sp³-hybridized carbons (Fsp3) is 0.500. The predicted octanol–water partition coefficient (Wildman–Crippen LogP) is 3.87. The van der Waals surface area contributed by atoms with Gasteiger partial charge in [0.2, 0.25) is 0 Å². The van der Waals surface area contributed by atoms with Crippen LogP contribution in [0.5, 0.6) is 0 Å². The summed E-state index contributed by atoms with van der Waals surface area (Å²) < 4.78 is 0. The molecule has 0 aromatic carbocycles.